The summed E-state index contributed by atoms with van der Waals surface area (Å²) < 4.78 is 0.439. The quantitative estimate of drug-likeness (QED) is 0.833. The third-order valence-corrected chi connectivity index (χ3v) is 4.07. The number of aliphatic carboxylic acids is 1. The lowest BCUT2D eigenvalue weighted by Crippen LogP contribution is -2.36. The van der Waals surface area contributed by atoms with Gasteiger partial charge in [-0.3, -0.25) is 9.36 Å². The van der Waals surface area contributed by atoms with Crippen LogP contribution < -0.4 is 5.56 Å². The molecule has 0 radical (unpaired) electrons. The molecule has 7 heteroatoms. The fourth-order valence-corrected chi connectivity index (χ4v) is 3.39. The van der Waals surface area contributed by atoms with E-state index in [1.807, 2.05) is 0 Å². The summed E-state index contributed by atoms with van der Waals surface area (Å²) in [7, 11) is 0. The molecule has 96 valence electrons. The minimum Gasteiger partial charge on any atom is -0.480 e. The van der Waals surface area contributed by atoms with Crippen LogP contribution >= 0.6 is 11.8 Å². The number of aromatic nitrogens is 1. The van der Waals surface area contributed by atoms with Gasteiger partial charge in [-0.05, 0) is 19.9 Å². The predicted molar refractivity (Wildman–Crippen MR) is 64.3 cm³/mol. The highest BCUT2D eigenvalue weighted by molar-refractivity contribution is 8.00. The Morgan fingerprint density at radius 1 is 1.33 bits per heavy atom. The number of nitrogens with zero attached hydrogens (tertiary/aromatic N) is 1. The molecule has 18 heavy (non-hydrogen) atoms. The Bertz CT molecular complexity index is 604. The summed E-state index contributed by atoms with van der Waals surface area (Å²) in [6.07, 6.45) is 0. The van der Waals surface area contributed by atoms with E-state index in [9.17, 15) is 19.5 Å². The number of rotatable bonds is 2. The number of fused-ring (bicyclic) bond motifs is 1. The number of carboxylic acids is 2. The normalized spacial score (nSPS) is 20.4. The Hall–Kier alpha value is -1.76. The van der Waals surface area contributed by atoms with Crippen molar-refractivity contribution in [3.05, 3.63) is 28.0 Å². The zero-order valence-electron chi connectivity index (χ0n) is 9.71. The van der Waals surface area contributed by atoms with Crippen LogP contribution in [0.5, 0.6) is 0 Å². The van der Waals surface area contributed by atoms with E-state index >= 15 is 0 Å². The van der Waals surface area contributed by atoms with Crippen LogP contribution in [0.15, 0.2) is 22.0 Å². The molecule has 2 rings (SSSR count). The van der Waals surface area contributed by atoms with Crippen molar-refractivity contribution in [1.82, 2.24) is 4.57 Å². The predicted octanol–water partition coefficient (Wildman–Crippen LogP) is 1.06. The van der Waals surface area contributed by atoms with E-state index in [0.717, 1.165) is 10.6 Å². The van der Waals surface area contributed by atoms with Crippen molar-refractivity contribution >= 4 is 23.7 Å². The van der Waals surface area contributed by atoms with Gasteiger partial charge in [0.2, 0.25) is 0 Å². The number of aromatic carboxylic acids is 1. The van der Waals surface area contributed by atoms with Crippen LogP contribution in [0.1, 0.15) is 30.2 Å². The van der Waals surface area contributed by atoms with E-state index < -0.39 is 28.3 Å². The summed E-state index contributed by atoms with van der Waals surface area (Å²) in [5, 5.41) is 18.5. The average molecular weight is 269 g/mol. The lowest BCUT2D eigenvalue weighted by molar-refractivity contribution is -0.141. The molecule has 6 nitrogen and oxygen atoms in total. The van der Waals surface area contributed by atoms with E-state index in [1.165, 1.54) is 17.8 Å². The third-order valence-electron chi connectivity index (χ3n) is 2.80. The largest absolute Gasteiger partial charge is 0.480 e. The smallest absolute Gasteiger partial charge is 0.335 e. The zero-order valence-corrected chi connectivity index (χ0v) is 10.5. The van der Waals surface area contributed by atoms with Gasteiger partial charge in [0.25, 0.3) is 5.56 Å². The standard InChI is InChI=1S/C11H11NO5S/c1-11(2)8(10(16)17)12-6(13)3-5(9(14)15)4-7(12)18-11/h3-4,8H,1-2H3,(H,14,15)(H,16,17). The maximum atomic E-state index is 11.9. The maximum Gasteiger partial charge on any atom is 0.335 e. The molecule has 0 bridgehead atoms. The molecule has 1 aromatic heterocycles. The molecule has 1 atom stereocenters. The summed E-state index contributed by atoms with van der Waals surface area (Å²) in [6, 6.07) is 1.29. The second-order valence-electron chi connectivity index (χ2n) is 4.54. The molecular formula is C11H11NO5S. The monoisotopic (exact) mass is 269 g/mol. The molecule has 0 saturated carbocycles. The van der Waals surface area contributed by atoms with Crippen molar-refractivity contribution in [3.63, 3.8) is 0 Å². The highest BCUT2D eigenvalue weighted by atomic mass is 32.2. The van der Waals surface area contributed by atoms with Crippen molar-refractivity contribution in [2.24, 2.45) is 0 Å². The van der Waals surface area contributed by atoms with Crippen LogP contribution in [0.25, 0.3) is 0 Å². The van der Waals surface area contributed by atoms with Gasteiger partial charge >= 0.3 is 11.9 Å². The Morgan fingerprint density at radius 2 is 1.94 bits per heavy atom. The van der Waals surface area contributed by atoms with Crippen LogP contribution in [0.2, 0.25) is 0 Å². The summed E-state index contributed by atoms with van der Waals surface area (Å²) in [5.74, 6) is -2.30. The second kappa shape index (κ2) is 3.88. The number of thioether (sulfide) groups is 1. The van der Waals surface area contributed by atoms with Crippen LogP contribution in [-0.2, 0) is 4.79 Å². The molecular weight excluding hydrogens is 258 g/mol. The molecule has 1 aromatic rings. The molecule has 0 fully saturated rings. The van der Waals surface area contributed by atoms with Crippen molar-refractivity contribution in [1.29, 1.82) is 0 Å². The first-order chi connectivity index (χ1) is 8.24. The number of hydrogen-bond donors (Lipinski definition) is 2. The Balaban J connectivity index is 2.68. The number of pyridine rings is 1. The number of carboxylic acid groups (broad SMARTS) is 2. The Kier molecular flexibility index (Phi) is 2.73. The van der Waals surface area contributed by atoms with Gasteiger partial charge in [0, 0.05) is 10.8 Å². The molecule has 0 saturated heterocycles. The van der Waals surface area contributed by atoms with Crippen molar-refractivity contribution in [2.45, 2.75) is 29.7 Å². The first-order valence-corrected chi connectivity index (χ1v) is 5.97. The van der Waals surface area contributed by atoms with Crippen molar-refractivity contribution in [3.8, 4) is 0 Å². The van der Waals surface area contributed by atoms with Gasteiger partial charge in [-0.15, -0.1) is 0 Å². The van der Waals surface area contributed by atoms with Gasteiger partial charge in [0.05, 0.1) is 10.6 Å². The van der Waals surface area contributed by atoms with Gasteiger partial charge in [-0.25, -0.2) is 9.59 Å². The van der Waals surface area contributed by atoms with Gasteiger partial charge in [-0.1, -0.05) is 11.8 Å². The molecule has 0 aromatic carbocycles. The maximum absolute atomic E-state index is 11.9. The lowest BCUT2D eigenvalue weighted by Gasteiger charge is -2.22. The van der Waals surface area contributed by atoms with Gasteiger partial charge in [-0.2, -0.15) is 0 Å². The minimum atomic E-state index is -1.20. The fraction of sp³-hybridized carbons (Fsp3) is 0.364. The summed E-state index contributed by atoms with van der Waals surface area (Å²) in [5.41, 5.74) is -0.726. The third kappa shape index (κ3) is 1.80. The molecule has 1 unspecified atom stereocenters. The SMILES string of the molecule is CC1(C)Sc2cc(C(=O)O)cc(=O)n2C1C(=O)O. The fourth-order valence-electron chi connectivity index (χ4n) is 2.06. The molecule has 0 aliphatic carbocycles. The van der Waals surface area contributed by atoms with E-state index in [4.69, 9.17) is 5.11 Å². The molecule has 1 aliphatic rings. The zero-order chi connectivity index (χ0) is 13.7. The van der Waals surface area contributed by atoms with E-state index in [-0.39, 0.29) is 5.56 Å². The lowest BCUT2D eigenvalue weighted by atomic mass is 10.0. The summed E-state index contributed by atoms with van der Waals surface area (Å²) in [6.45, 7) is 3.42. The van der Waals surface area contributed by atoms with Crippen LogP contribution in [0.4, 0.5) is 0 Å². The Morgan fingerprint density at radius 3 is 2.44 bits per heavy atom. The van der Waals surface area contributed by atoms with Gasteiger partial charge in [0.1, 0.15) is 6.04 Å². The van der Waals surface area contributed by atoms with E-state index in [0.29, 0.717) is 5.03 Å². The Labute approximate surface area is 106 Å². The highest BCUT2D eigenvalue weighted by Crippen LogP contribution is 2.47. The first kappa shape index (κ1) is 12.7. The van der Waals surface area contributed by atoms with Crippen LogP contribution in [0, 0.1) is 0 Å². The van der Waals surface area contributed by atoms with Crippen molar-refractivity contribution < 1.29 is 19.8 Å². The average Bonchev–Trinajstić information content (AvgIpc) is 2.48. The topological polar surface area (TPSA) is 96.6 Å². The summed E-state index contributed by atoms with van der Waals surface area (Å²) >= 11 is 1.19. The van der Waals surface area contributed by atoms with E-state index in [1.54, 1.807) is 13.8 Å². The molecule has 1 aliphatic heterocycles. The molecule has 2 heterocycles. The van der Waals surface area contributed by atoms with Gasteiger partial charge in [0.15, 0.2) is 0 Å². The van der Waals surface area contributed by atoms with Gasteiger partial charge < -0.3 is 10.2 Å². The van der Waals surface area contributed by atoms with E-state index in [2.05, 4.69) is 0 Å². The van der Waals surface area contributed by atoms with Crippen LogP contribution in [-0.4, -0.2) is 31.5 Å². The molecule has 0 spiro atoms. The number of carbonyl (C=O) groups is 2. The number of hydrogen-bond acceptors (Lipinski definition) is 4. The molecule has 2 N–H and O–H groups in total. The minimum absolute atomic E-state index is 0.124. The second-order valence-corrected chi connectivity index (χ2v) is 6.22. The van der Waals surface area contributed by atoms with Crippen molar-refractivity contribution in [2.75, 3.05) is 0 Å². The molecule has 0 amide bonds. The summed E-state index contributed by atoms with van der Waals surface area (Å²) in [4.78, 5) is 34.0. The first-order valence-electron chi connectivity index (χ1n) is 5.16. The highest BCUT2D eigenvalue weighted by Gasteiger charge is 2.45. The van der Waals surface area contributed by atoms with Crippen LogP contribution in [0.3, 0.4) is 0 Å².